The Kier molecular flexibility index (Phi) is 14.3. The number of aromatic nitrogens is 2. The molecule has 5 heteroatoms. The van der Waals surface area contributed by atoms with E-state index in [9.17, 15) is 4.79 Å². The first-order valence-corrected chi connectivity index (χ1v) is 8.95. The van der Waals surface area contributed by atoms with Crippen molar-refractivity contribution in [3.63, 3.8) is 0 Å². The zero-order chi connectivity index (χ0) is 19.6. The molecule has 3 N–H and O–H groups in total. The Hall–Kier alpha value is -2.58. The van der Waals surface area contributed by atoms with Crippen LogP contribution >= 0.6 is 0 Å². The number of nitrogens with zero attached hydrogens (tertiary/aromatic N) is 1. The third-order valence-electron chi connectivity index (χ3n) is 3.83. The molecular weight excluding hydrogens is 326 g/mol. The zero-order valence-corrected chi connectivity index (χ0v) is 15.5. The molecule has 0 radical (unpaired) electrons. The predicted molar refractivity (Wildman–Crippen MR) is 109 cm³/mol. The number of carboxylic acid groups (broad SMARTS) is 1. The minimum atomic E-state index is -0.852. The first kappa shape index (κ1) is 23.4. The summed E-state index contributed by atoms with van der Waals surface area (Å²) < 4.78 is 0. The van der Waals surface area contributed by atoms with Gasteiger partial charge in [0.2, 0.25) is 0 Å². The van der Waals surface area contributed by atoms with Crippen LogP contribution in [0.1, 0.15) is 44.2 Å². The summed E-state index contributed by atoms with van der Waals surface area (Å²) in [4.78, 5) is 10.5. The second kappa shape index (κ2) is 15.9. The molecule has 0 unspecified atom stereocenters. The van der Waals surface area contributed by atoms with Crippen LogP contribution in [0.15, 0.2) is 37.4 Å². The Balaban J connectivity index is 0.000000395. The second-order valence-corrected chi connectivity index (χ2v) is 5.66. The van der Waals surface area contributed by atoms with Gasteiger partial charge in [-0.25, -0.2) is 0 Å². The molecule has 4 rings (SSSR count). The van der Waals surface area contributed by atoms with Crippen LogP contribution in [0.2, 0.25) is 0 Å². The fraction of sp³-hybridized carbons (Fsp3) is 0.429. The lowest BCUT2D eigenvalue weighted by atomic mass is 10.0. The Morgan fingerprint density at radius 3 is 2.00 bits per heavy atom. The molecule has 0 spiro atoms. The van der Waals surface area contributed by atoms with Crippen molar-refractivity contribution in [3.05, 3.63) is 43.1 Å². The summed E-state index contributed by atoms with van der Waals surface area (Å²) in [5.74, 6) is -0.852. The molecule has 1 aromatic heterocycles. The fourth-order valence-corrected chi connectivity index (χ4v) is 2.18. The number of carboxylic acids is 1. The maximum atomic E-state index is 10.5. The van der Waals surface area contributed by atoms with E-state index in [0.717, 1.165) is 10.9 Å². The van der Waals surface area contributed by atoms with Crippen LogP contribution in [0.5, 0.6) is 0 Å². The molecular formula is C21H31N3O2. The Bertz CT molecular complexity index is 615. The van der Waals surface area contributed by atoms with E-state index in [1.165, 1.54) is 51.6 Å². The topological polar surface area (TPSA) is 78.0 Å². The SMILES string of the molecule is C#C.C1CCC1.C1CCNC1.C=C.O=C(O)Cc1[nH]nc2ccccc12. The van der Waals surface area contributed by atoms with E-state index in [1.807, 2.05) is 24.3 Å². The molecule has 1 aromatic carbocycles. The molecule has 1 saturated carbocycles. The highest BCUT2D eigenvalue weighted by molar-refractivity contribution is 5.84. The molecule has 1 aliphatic heterocycles. The number of H-pyrrole nitrogens is 1. The zero-order valence-electron chi connectivity index (χ0n) is 15.5. The van der Waals surface area contributed by atoms with Gasteiger partial charge in [0.05, 0.1) is 17.6 Å². The summed E-state index contributed by atoms with van der Waals surface area (Å²) >= 11 is 0. The quantitative estimate of drug-likeness (QED) is 0.557. The maximum absolute atomic E-state index is 10.5. The standard InChI is InChI=1S/C9H8N2O2.C4H9N.C4H8.C2H4.C2H2/c12-9(13)5-8-6-3-1-2-4-7(6)10-11-8;1-2-4-5-3-1;1-2-4-3-1;2*1-2/h1-4H,5H2,(H,10,11)(H,12,13);5H,1-4H2;1-4H2;1-2H2;1-2H. The minimum absolute atomic E-state index is 0.0134. The molecule has 0 amide bonds. The van der Waals surface area contributed by atoms with Crippen LogP contribution in [0.4, 0.5) is 0 Å². The molecule has 5 nitrogen and oxygen atoms in total. The Morgan fingerprint density at radius 2 is 1.58 bits per heavy atom. The van der Waals surface area contributed by atoms with Gasteiger partial charge in [-0.2, -0.15) is 5.10 Å². The molecule has 1 aliphatic carbocycles. The van der Waals surface area contributed by atoms with Gasteiger partial charge in [-0.15, -0.1) is 26.0 Å². The number of terminal acetylenes is 1. The summed E-state index contributed by atoms with van der Waals surface area (Å²) in [6.45, 7) is 8.50. The molecule has 2 aliphatic rings. The van der Waals surface area contributed by atoms with Crippen molar-refractivity contribution < 1.29 is 9.90 Å². The van der Waals surface area contributed by atoms with Crippen LogP contribution in [0.3, 0.4) is 0 Å². The smallest absolute Gasteiger partial charge is 0.309 e. The van der Waals surface area contributed by atoms with Crippen LogP contribution in [0, 0.1) is 12.8 Å². The molecule has 1 saturated heterocycles. The normalized spacial score (nSPS) is 13.8. The third-order valence-corrected chi connectivity index (χ3v) is 3.83. The van der Waals surface area contributed by atoms with E-state index < -0.39 is 5.97 Å². The van der Waals surface area contributed by atoms with E-state index in [2.05, 4.69) is 41.5 Å². The van der Waals surface area contributed by atoms with Crippen molar-refractivity contribution in [1.29, 1.82) is 0 Å². The monoisotopic (exact) mass is 357 g/mol. The van der Waals surface area contributed by atoms with Crippen LogP contribution in [0.25, 0.3) is 10.9 Å². The molecule has 2 aromatic rings. The van der Waals surface area contributed by atoms with Gasteiger partial charge in [0, 0.05) is 5.39 Å². The van der Waals surface area contributed by atoms with Gasteiger partial charge in [-0.3, -0.25) is 9.89 Å². The van der Waals surface area contributed by atoms with Gasteiger partial charge in [-0.05, 0) is 32.0 Å². The fourth-order valence-electron chi connectivity index (χ4n) is 2.18. The summed E-state index contributed by atoms with van der Waals surface area (Å²) in [6, 6.07) is 7.44. The van der Waals surface area contributed by atoms with Gasteiger partial charge in [0.25, 0.3) is 0 Å². The second-order valence-electron chi connectivity index (χ2n) is 5.66. The van der Waals surface area contributed by atoms with Gasteiger partial charge < -0.3 is 10.4 Å². The third kappa shape index (κ3) is 9.65. The number of benzene rings is 1. The number of hydrogen-bond acceptors (Lipinski definition) is 3. The average Bonchev–Trinajstić information content (AvgIpc) is 3.31. The van der Waals surface area contributed by atoms with Crippen LogP contribution in [-0.2, 0) is 11.2 Å². The number of fused-ring (bicyclic) bond motifs is 1. The maximum Gasteiger partial charge on any atom is 0.309 e. The number of aromatic amines is 1. The van der Waals surface area contributed by atoms with E-state index in [1.54, 1.807) is 0 Å². The first-order valence-electron chi connectivity index (χ1n) is 8.95. The van der Waals surface area contributed by atoms with Crippen LogP contribution < -0.4 is 5.32 Å². The largest absolute Gasteiger partial charge is 0.481 e. The summed E-state index contributed by atoms with van der Waals surface area (Å²) in [5, 5.41) is 19.4. The van der Waals surface area contributed by atoms with Gasteiger partial charge in [0.1, 0.15) is 0 Å². The average molecular weight is 357 g/mol. The molecule has 2 heterocycles. The van der Waals surface area contributed by atoms with Crippen molar-refractivity contribution in [1.82, 2.24) is 15.5 Å². The Labute approximate surface area is 156 Å². The van der Waals surface area contributed by atoms with Crippen molar-refractivity contribution in [3.8, 4) is 12.8 Å². The van der Waals surface area contributed by atoms with E-state index >= 15 is 0 Å². The molecule has 0 bridgehead atoms. The van der Waals surface area contributed by atoms with Crippen molar-refractivity contribution in [2.24, 2.45) is 0 Å². The number of aliphatic carboxylic acids is 1. The van der Waals surface area contributed by atoms with Gasteiger partial charge >= 0.3 is 5.97 Å². The van der Waals surface area contributed by atoms with Crippen molar-refractivity contribution >= 4 is 16.9 Å². The highest BCUT2D eigenvalue weighted by Gasteiger charge is 2.07. The summed E-state index contributed by atoms with van der Waals surface area (Å²) in [5.41, 5.74) is 1.46. The highest BCUT2D eigenvalue weighted by Crippen LogP contribution is 2.15. The van der Waals surface area contributed by atoms with E-state index in [-0.39, 0.29) is 6.42 Å². The number of nitrogens with one attached hydrogen (secondary N) is 2. The highest BCUT2D eigenvalue weighted by atomic mass is 16.4. The lowest BCUT2D eigenvalue weighted by Gasteiger charge is -2.05. The van der Waals surface area contributed by atoms with E-state index in [0.29, 0.717) is 5.69 Å². The van der Waals surface area contributed by atoms with Gasteiger partial charge in [-0.1, -0.05) is 43.9 Å². The first-order chi connectivity index (χ1) is 12.8. The number of hydrogen-bond donors (Lipinski definition) is 3. The Morgan fingerprint density at radius 1 is 1.04 bits per heavy atom. The van der Waals surface area contributed by atoms with Crippen molar-refractivity contribution in [2.75, 3.05) is 13.1 Å². The lowest BCUT2D eigenvalue weighted by Crippen LogP contribution is -2.03. The molecule has 2 fully saturated rings. The molecule has 26 heavy (non-hydrogen) atoms. The lowest BCUT2D eigenvalue weighted by molar-refractivity contribution is -0.136. The minimum Gasteiger partial charge on any atom is -0.481 e. The van der Waals surface area contributed by atoms with Crippen molar-refractivity contribution in [2.45, 2.75) is 44.9 Å². The molecule has 142 valence electrons. The van der Waals surface area contributed by atoms with Crippen LogP contribution in [-0.4, -0.2) is 34.4 Å². The summed E-state index contributed by atoms with van der Waals surface area (Å²) in [7, 11) is 0. The van der Waals surface area contributed by atoms with Gasteiger partial charge in [0.15, 0.2) is 0 Å². The predicted octanol–water partition coefficient (Wildman–Crippen LogP) is 4.17. The number of para-hydroxylation sites is 1. The van der Waals surface area contributed by atoms with E-state index in [4.69, 9.17) is 5.11 Å². The molecule has 0 atom stereocenters. The number of rotatable bonds is 2. The number of carbonyl (C=O) groups is 1. The summed E-state index contributed by atoms with van der Waals surface area (Å²) in [6.07, 6.45) is 16.8.